The molecule has 0 saturated heterocycles. The van der Waals surface area contributed by atoms with Crippen molar-refractivity contribution in [2.24, 2.45) is 0 Å². The van der Waals surface area contributed by atoms with Gasteiger partial charge in [-0.05, 0) is 36.2 Å². The van der Waals surface area contributed by atoms with Gasteiger partial charge < -0.3 is 5.32 Å². The smallest absolute Gasteiger partial charge is 0.253 e. The predicted molar refractivity (Wildman–Crippen MR) is 87.2 cm³/mol. The van der Waals surface area contributed by atoms with Gasteiger partial charge in [0, 0.05) is 6.54 Å². The summed E-state index contributed by atoms with van der Waals surface area (Å²) in [5.41, 5.74) is 1.55. The van der Waals surface area contributed by atoms with E-state index >= 15 is 0 Å². The number of sulfonamides is 1. The van der Waals surface area contributed by atoms with Gasteiger partial charge in [-0.25, -0.2) is 12.8 Å². The summed E-state index contributed by atoms with van der Waals surface area (Å²) < 4.78 is 38.5. The molecular weight excluding hydrogens is 319 g/mol. The molecular formula is C16H17FN2O3S. The van der Waals surface area contributed by atoms with E-state index in [1.807, 2.05) is 0 Å². The van der Waals surface area contributed by atoms with Crippen LogP contribution in [0.3, 0.4) is 0 Å². The summed E-state index contributed by atoms with van der Waals surface area (Å²) in [4.78, 5) is 12.2. The second kappa shape index (κ2) is 6.78. The van der Waals surface area contributed by atoms with Crippen molar-refractivity contribution in [2.75, 3.05) is 11.0 Å². The normalized spacial score (nSPS) is 11.1. The van der Waals surface area contributed by atoms with E-state index in [9.17, 15) is 17.6 Å². The number of rotatable bonds is 5. The zero-order valence-corrected chi connectivity index (χ0v) is 13.6. The molecule has 1 amide bonds. The lowest BCUT2D eigenvalue weighted by Gasteiger charge is -2.11. The van der Waals surface area contributed by atoms with Gasteiger partial charge in [-0.3, -0.25) is 9.52 Å². The second-order valence-electron chi connectivity index (χ2n) is 5.19. The Hall–Kier alpha value is -2.41. The van der Waals surface area contributed by atoms with Crippen LogP contribution in [0.5, 0.6) is 0 Å². The van der Waals surface area contributed by atoms with Crippen molar-refractivity contribution < 1.29 is 17.6 Å². The quantitative estimate of drug-likeness (QED) is 0.880. The zero-order valence-electron chi connectivity index (χ0n) is 12.8. The van der Waals surface area contributed by atoms with Crippen molar-refractivity contribution in [1.82, 2.24) is 5.32 Å². The van der Waals surface area contributed by atoms with Gasteiger partial charge in [0.25, 0.3) is 5.91 Å². The molecule has 0 aliphatic carbocycles. The Kier molecular flexibility index (Phi) is 5.00. The van der Waals surface area contributed by atoms with Crippen molar-refractivity contribution in [3.8, 4) is 0 Å². The summed E-state index contributed by atoms with van der Waals surface area (Å²) in [7, 11) is -3.49. The van der Waals surface area contributed by atoms with Crippen molar-refractivity contribution >= 4 is 21.6 Å². The van der Waals surface area contributed by atoms with Crippen LogP contribution in [0.25, 0.3) is 0 Å². The minimum atomic E-state index is -3.49. The number of carbonyl (C=O) groups is 1. The lowest BCUT2D eigenvalue weighted by atomic mass is 10.1. The third kappa shape index (κ3) is 4.79. The number of amides is 1. The van der Waals surface area contributed by atoms with Crippen molar-refractivity contribution in [3.63, 3.8) is 0 Å². The van der Waals surface area contributed by atoms with E-state index in [2.05, 4.69) is 10.0 Å². The molecule has 0 bridgehead atoms. The lowest BCUT2D eigenvalue weighted by Crippen LogP contribution is -2.24. The lowest BCUT2D eigenvalue weighted by molar-refractivity contribution is 0.0951. The highest BCUT2D eigenvalue weighted by molar-refractivity contribution is 7.92. The van der Waals surface area contributed by atoms with Gasteiger partial charge >= 0.3 is 0 Å². The highest BCUT2D eigenvalue weighted by Gasteiger charge is 2.13. The first-order valence-corrected chi connectivity index (χ1v) is 8.75. The maximum atomic E-state index is 13.5. The first kappa shape index (κ1) is 17.0. The van der Waals surface area contributed by atoms with Crippen LogP contribution in [0.1, 0.15) is 21.5 Å². The van der Waals surface area contributed by atoms with E-state index in [-0.39, 0.29) is 23.6 Å². The molecule has 2 aromatic carbocycles. The Morgan fingerprint density at radius 3 is 2.52 bits per heavy atom. The fourth-order valence-corrected chi connectivity index (χ4v) is 2.57. The van der Waals surface area contributed by atoms with Crippen LogP contribution in [0.4, 0.5) is 10.1 Å². The van der Waals surface area contributed by atoms with Crippen molar-refractivity contribution in [1.29, 1.82) is 0 Å². The number of anilines is 1. The van der Waals surface area contributed by atoms with E-state index in [1.165, 1.54) is 18.2 Å². The SMILES string of the molecule is Cc1ccc(CNC(=O)c2ccccc2NS(C)(=O)=O)cc1F. The summed E-state index contributed by atoms with van der Waals surface area (Å²) in [5.74, 6) is -0.784. The predicted octanol–water partition coefficient (Wildman–Crippen LogP) is 2.44. The molecule has 5 nitrogen and oxygen atoms in total. The monoisotopic (exact) mass is 336 g/mol. The van der Waals surface area contributed by atoms with E-state index in [1.54, 1.807) is 31.2 Å². The number of carbonyl (C=O) groups excluding carboxylic acids is 1. The van der Waals surface area contributed by atoms with Gasteiger partial charge in [-0.2, -0.15) is 0 Å². The Morgan fingerprint density at radius 1 is 1.17 bits per heavy atom. The fraction of sp³-hybridized carbons (Fsp3) is 0.188. The van der Waals surface area contributed by atoms with Crippen molar-refractivity contribution in [3.05, 3.63) is 65.0 Å². The van der Waals surface area contributed by atoms with E-state index in [4.69, 9.17) is 0 Å². The molecule has 0 unspecified atom stereocenters. The number of nitrogens with one attached hydrogen (secondary N) is 2. The highest BCUT2D eigenvalue weighted by Crippen LogP contribution is 2.16. The molecule has 0 fully saturated rings. The summed E-state index contributed by atoms with van der Waals surface area (Å²) in [6.45, 7) is 1.80. The zero-order chi connectivity index (χ0) is 17.0. The Balaban J connectivity index is 2.13. The molecule has 7 heteroatoms. The summed E-state index contributed by atoms with van der Waals surface area (Å²) in [6, 6.07) is 11.0. The summed E-state index contributed by atoms with van der Waals surface area (Å²) in [5, 5.41) is 2.65. The Morgan fingerprint density at radius 2 is 1.87 bits per heavy atom. The molecule has 0 spiro atoms. The average Bonchev–Trinajstić information content (AvgIpc) is 2.47. The molecule has 2 N–H and O–H groups in total. The number of hydrogen-bond acceptors (Lipinski definition) is 3. The Bertz CT molecular complexity index is 835. The topological polar surface area (TPSA) is 75.3 Å². The molecule has 0 aromatic heterocycles. The first-order valence-electron chi connectivity index (χ1n) is 6.86. The van der Waals surface area contributed by atoms with Gasteiger partial charge in [0.05, 0.1) is 17.5 Å². The van der Waals surface area contributed by atoms with Crippen molar-refractivity contribution in [2.45, 2.75) is 13.5 Å². The number of aryl methyl sites for hydroxylation is 1. The number of hydrogen-bond donors (Lipinski definition) is 2. The molecule has 122 valence electrons. The number of benzene rings is 2. The molecule has 0 saturated carbocycles. The molecule has 0 radical (unpaired) electrons. The highest BCUT2D eigenvalue weighted by atomic mass is 32.2. The van der Waals surface area contributed by atoms with Gasteiger partial charge in [0.1, 0.15) is 5.82 Å². The molecule has 2 rings (SSSR count). The average molecular weight is 336 g/mol. The van der Waals surface area contributed by atoms with Crippen LogP contribution >= 0.6 is 0 Å². The third-order valence-corrected chi connectivity index (χ3v) is 3.75. The number of para-hydroxylation sites is 1. The minimum Gasteiger partial charge on any atom is -0.348 e. The molecule has 0 aliphatic rings. The maximum absolute atomic E-state index is 13.5. The maximum Gasteiger partial charge on any atom is 0.253 e. The van der Waals surface area contributed by atoms with Crippen LogP contribution in [-0.2, 0) is 16.6 Å². The van der Waals surface area contributed by atoms with Crippen LogP contribution in [0.15, 0.2) is 42.5 Å². The van der Waals surface area contributed by atoms with Gasteiger partial charge in [0.2, 0.25) is 10.0 Å². The molecule has 2 aromatic rings. The molecule has 0 aliphatic heterocycles. The van der Waals surface area contributed by atoms with Crippen LogP contribution in [-0.4, -0.2) is 20.6 Å². The third-order valence-electron chi connectivity index (χ3n) is 3.16. The van der Waals surface area contributed by atoms with E-state index in [0.29, 0.717) is 11.1 Å². The van der Waals surface area contributed by atoms with Gasteiger partial charge in [-0.1, -0.05) is 24.3 Å². The van der Waals surface area contributed by atoms with Crippen LogP contribution < -0.4 is 10.0 Å². The fourth-order valence-electron chi connectivity index (χ4n) is 1.99. The molecule has 0 heterocycles. The Labute approximate surface area is 134 Å². The van der Waals surface area contributed by atoms with Gasteiger partial charge in [-0.15, -0.1) is 0 Å². The summed E-state index contributed by atoms with van der Waals surface area (Å²) >= 11 is 0. The van der Waals surface area contributed by atoms with E-state index in [0.717, 1.165) is 6.26 Å². The molecule has 23 heavy (non-hydrogen) atoms. The van der Waals surface area contributed by atoms with Crippen LogP contribution in [0, 0.1) is 12.7 Å². The standard InChI is InChI=1S/C16H17FN2O3S/c1-11-7-8-12(9-14(11)17)10-18-16(20)13-5-3-4-6-15(13)19-23(2,21)22/h3-9,19H,10H2,1-2H3,(H,18,20). The largest absolute Gasteiger partial charge is 0.348 e. The second-order valence-corrected chi connectivity index (χ2v) is 6.93. The minimum absolute atomic E-state index is 0.142. The van der Waals surface area contributed by atoms with Gasteiger partial charge in [0.15, 0.2) is 0 Å². The first-order chi connectivity index (χ1) is 10.8. The van der Waals surface area contributed by atoms with Crippen LogP contribution in [0.2, 0.25) is 0 Å². The number of halogens is 1. The molecule has 0 atom stereocenters. The summed E-state index contributed by atoms with van der Waals surface area (Å²) in [6.07, 6.45) is 1.01. The van der Waals surface area contributed by atoms with E-state index < -0.39 is 15.9 Å².